The summed E-state index contributed by atoms with van der Waals surface area (Å²) in [6.45, 7) is 0. The Balaban J connectivity index is 1.46. The normalized spacial score (nSPS) is 33.4. The SMILES string of the molecule is N#C[C@@]1(c2ccc3c(N)ncnn23)O[C@H](CCC(=O)CC2CCC(N)CC2)[C@@H](O)[C@H]1O. The summed E-state index contributed by atoms with van der Waals surface area (Å²) in [4.78, 5) is 16.4. The maximum absolute atomic E-state index is 12.5. The molecule has 1 saturated heterocycles. The van der Waals surface area contributed by atoms with Gasteiger partial charge in [0.2, 0.25) is 5.60 Å². The predicted molar refractivity (Wildman–Crippen MR) is 110 cm³/mol. The van der Waals surface area contributed by atoms with Crippen LogP contribution in [0.4, 0.5) is 5.82 Å². The van der Waals surface area contributed by atoms with Crippen molar-refractivity contribution in [2.45, 2.75) is 74.9 Å². The zero-order valence-electron chi connectivity index (χ0n) is 17.2. The predicted octanol–water partition coefficient (Wildman–Crippen LogP) is 0.408. The Labute approximate surface area is 179 Å². The molecular formula is C21H28N6O4. The van der Waals surface area contributed by atoms with E-state index in [2.05, 4.69) is 10.1 Å². The first-order valence-corrected chi connectivity index (χ1v) is 10.7. The number of aromatic nitrogens is 3. The first kappa shape index (κ1) is 21.6. The number of nitriles is 1. The van der Waals surface area contributed by atoms with E-state index in [1.807, 2.05) is 6.07 Å². The molecule has 2 aromatic rings. The average molecular weight is 428 g/mol. The van der Waals surface area contributed by atoms with E-state index in [1.165, 1.54) is 10.8 Å². The summed E-state index contributed by atoms with van der Waals surface area (Å²) in [7, 11) is 0. The smallest absolute Gasteiger partial charge is 0.225 e. The van der Waals surface area contributed by atoms with E-state index in [0.717, 1.165) is 25.7 Å². The van der Waals surface area contributed by atoms with E-state index in [0.29, 0.717) is 17.9 Å². The van der Waals surface area contributed by atoms with Crippen molar-refractivity contribution in [2.24, 2.45) is 11.7 Å². The van der Waals surface area contributed by atoms with Crippen molar-refractivity contribution in [3.05, 3.63) is 24.2 Å². The lowest BCUT2D eigenvalue weighted by atomic mass is 9.83. The maximum Gasteiger partial charge on any atom is 0.225 e. The molecule has 1 aliphatic heterocycles. The molecule has 31 heavy (non-hydrogen) atoms. The molecule has 10 nitrogen and oxygen atoms in total. The van der Waals surface area contributed by atoms with Gasteiger partial charge in [-0.1, -0.05) is 0 Å². The number of anilines is 1. The Hall–Kier alpha value is -2.58. The average Bonchev–Trinajstić information content (AvgIpc) is 3.30. The molecular weight excluding hydrogens is 400 g/mol. The van der Waals surface area contributed by atoms with E-state index >= 15 is 0 Å². The molecule has 0 spiro atoms. The van der Waals surface area contributed by atoms with E-state index < -0.39 is 23.9 Å². The molecule has 0 amide bonds. The van der Waals surface area contributed by atoms with Crippen LogP contribution in [0.25, 0.3) is 5.52 Å². The number of rotatable bonds is 6. The van der Waals surface area contributed by atoms with Gasteiger partial charge in [0.25, 0.3) is 0 Å². The van der Waals surface area contributed by atoms with E-state index in [4.69, 9.17) is 16.2 Å². The minimum atomic E-state index is -1.83. The summed E-state index contributed by atoms with van der Waals surface area (Å²) in [6.07, 6.45) is 2.27. The molecule has 2 aromatic heterocycles. The molecule has 4 rings (SSSR count). The number of nitrogen functional groups attached to an aromatic ring is 1. The van der Waals surface area contributed by atoms with E-state index in [1.54, 1.807) is 12.1 Å². The van der Waals surface area contributed by atoms with Gasteiger partial charge in [-0.05, 0) is 50.2 Å². The van der Waals surface area contributed by atoms with Gasteiger partial charge in [0, 0.05) is 18.9 Å². The van der Waals surface area contributed by atoms with Crippen molar-refractivity contribution < 1.29 is 19.7 Å². The quantitative estimate of drug-likeness (QED) is 0.508. The monoisotopic (exact) mass is 428 g/mol. The van der Waals surface area contributed by atoms with Gasteiger partial charge in [0.15, 0.2) is 5.82 Å². The van der Waals surface area contributed by atoms with E-state index in [-0.39, 0.29) is 36.2 Å². The third-order valence-electron chi connectivity index (χ3n) is 6.60. The molecule has 6 N–H and O–H groups in total. The minimum Gasteiger partial charge on any atom is -0.388 e. The number of nitrogens with two attached hydrogens (primary N) is 2. The summed E-state index contributed by atoms with van der Waals surface area (Å²) < 4.78 is 7.30. The number of ketones is 1. The van der Waals surface area contributed by atoms with Gasteiger partial charge in [-0.2, -0.15) is 10.4 Å². The van der Waals surface area contributed by atoms with Gasteiger partial charge in [-0.15, -0.1) is 0 Å². The standard InChI is InChI=1S/C21H28N6O4/c22-10-21(17-8-6-15-20(24)25-11-26-27(15)17)19(30)18(29)16(31-21)7-5-14(28)9-12-1-3-13(23)4-2-12/h6,8,11-13,16,18-19,29-30H,1-5,7,9,23H2,(H2,24,25,26)/t12?,13?,16-,18-,19-,21+/m1/s1. The second kappa shape index (κ2) is 8.51. The van der Waals surface area contributed by atoms with Gasteiger partial charge in [0.1, 0.15) is 35.9 Å². The molecule has 0 radical (unpaired) electrons. The van der Waals surface area contributed by atoms with Gasteiger partial charge >= 0.3 is 0 Å². The van der Waals surface area contributed by atoms with Crippen LogP contribution in [0.3, 0.4) is 0 Å². The lowest BCUT2D eigenvalue weighted by molar-refractivity contribution is -0.121. The first-order chi connectivity index (χ1) is 14.9. The Bertz CT molecular complexity index is 995. The van der Waals surface area contributed by atoms with Crippen LogP contribution in [0.15, 0.2) is 18.5 Å². The molecule has 3 heterocycles. The molecule has 0 bridgehead atoms. The minimum absolute atomic E-state index is 0.0915. The fourth-order valence-electron chi connectivity index (χ4n) is 4.77. The van der Waals surface area contributed by atoms with Crippen molar-refractivity contribution in [1.29, 1.82) is 5.26 Å². The van der Waals surface area contributed by atoms with Crippen molar-refractivity contribution >= 4 is 17.1 Å². The Morgan fingerprint density at radius 1 is 1.32 bits per heavy atom. The van der Waals surface area contributed by atoms with Crippen LogP contribution in [0.2, 0.25) is 0 Å². The molecule has 2 aliphatic rings. The zero-order chi connectivity index (χ0) is 22.2. The second-order valence-corrected chi connectivity index (χ2v) is 8.66. The highest BCUT2D eigenvalue weighted by Crippen LogP contribution is 2.41. The largest absolute Gasteiger partial charge is 0.388 e. The Morgan fingerprint density at radius 3 is 2.77 bits per heavy atom. The third-order valence-corrected chi connectivity index (χ3v) is 6.60. The number of aliphatic hydroxyl groups is 2. The van der Waals surface area contributed by atoms with Crippen LogP contribution < -0.4 is 11.5 Å². The van der Waals surface area contributed by atoms with Crippen LogP contribution in [-0.2, 0) is 15.1 Å². The molecule has 2 fully saturated rings. The third kappa shape index (κ3) is 3.90. The van der Waals surface area contributed by atoms with Gasteiger partial charge < -0.3 is 26.4 Å². The molecule has 166 valence electrons. The fraction of sp³-hybridized carbons (Fsp3) is 0.619. The van der Waals surface area contributed by atoms with Gasteiger partial charge in [-0.25, -0.2) is 9.50 Å². The van der Waals surface area contributed by atoms with E-state index in [9.17, 15) is 20.3 Å². The van der Waals surface area contributed by atoms with Gasteiger partial charge in [-0.3, -0.25) is 4.79 Å². The van der Waals surface area contributed by atoms with Crippen molar-refractivity contribution in [3.63, 3.8) is 0 Å². The highest BCUT2D eigenvalue weighted by atomic mass is 16.6. The van der Waals surface area contributed by atoms with Crippen LogP contribution in [-0.4, -0.2) is 54.9 Å². The number of ether oxygens (including phenoxy) is 1. The lowest BCUT2D eigenvalue weighted by Gasteiger charge is -2.25. The zero-order valence-corrected chi connectivity index (χ0v) is 17.2. The Morgan fingerprint density at radius 2 is 2.06 bits per heavy atom. The number of aliphatic hydroxyl groups excluding tert-OH is 2. The number of nitrogens with zero attached hydrogens (tertiary/aromatic N) is 4. The highest BCUT2D eigenvalue weighted by molar-refractivity contribution is 5.78. The fourth-order valence-corrected chi connectivity index (χ4v) is 4.77. The molecule has 0 unspecified atom stereocenters. The van der Waals surface area contributed by atoms with Crippen LogP contribution in [0, 0.1) is 17.2 Å². The molecule has 1 saturated carbocycles. The number of carbonyl (C=O) groups is 1. The number of Topliss-reactive ketones (excluding diaryl/α,β-unsaturated/α-hetero) is 1. The molecule has 0 aromatic carbocycles. The number of hydrogen-bond donors (Lipinski definition) is 4. The van der Waals surface area contributed by atoms with Crippen LogP contribution in [0.5, 0.6) is 0 Å². The first-order valence-electron chi connectivity index (χ1n) is 10.7. The number of carbonyl (C=O) groups excluding carboxylic acids is 1. The van der Waals surface area contributed by atoms with Crippen molar-refractivity contribution in [1.82, 2.24) is 14.6 Å². The Kier molecular flexibility index (Phi) is 5.94. The second-order valence-electron chi connectivity index (χ2n) is 8.66. The van der Waals surface area contributed by atoms with Gasteiger partial charge in [0.05, 0.1) is 11.8 Å². The summed E-state index contributed by atoms with van der Waals surface area (Å²) >= 11 is 0. The number of hydrogen-bond acceptors (Lipinski definition) is 9. The summed E-state index contributed by atoms with van der Waals surface area (Å²) in [5.74, 6) is 0.657. The van der Waals surface area contributed by atoms with Crippen molar-refractivity contribution in [2.75, 3.05) is 5.73 Å². The molecule has 1 aliphatic carbocycles. The highest BCUT2D eigenvalue weighted by Gasteiger charge is 2.57. The van der Waals surface area contributed by atoms with Crippen LogP contribution >= 0.6 is 0 Å². The topological polar surface area (TPSA) is 173 Å². The molecule has 4 atom stereocenters. The lowest BCUT2D eigenvalue weighted by Crippen LogP contribution is -2.40. The van der Waals surface area contributed by atoms with Crippen molar-refractivity contribution in [3.8, 4) is 6.07 Å². The summed E-state index contributed by atoms with van der Waals surface area (Å²) in [6, 6.07) is 5.44. The number of fused-ring (bicyclic) bond motifs is 1. The summed E-state index contributed by atoms with van der Waals surface area (Å²) in [5, 5.41) is 35.4. The molecule has 10 heteroatoms. The maximum atomic E-state index is 12.5. The van der Waals surface area contributed by atoms with Crippen LogP contribution in [0.1, 0.15) is 50.6 Å². The summed E-state index contributed by atoms with van der Waals surface area (Å²) in [5.41, 5.74) is 10.7.